The van der Waals surface area contributed by atoms with E-state index in [0.717, 1.165) is 0 Å². The maximum atomic E-state index is 12.0. The molecule has 0 atom stereocenters. The number of aliphatic carboxylic acids is 1. The lowest BCUT2D eigenvalue weighted by Crippen LogP contribution is -2.27. The normalized spacial score (nSPS) is 10.4. The van der Waals surface area contributed by atoms with E-state index in [1.165, 1.54) is 0 Å². The number of rotatable bonds is 5. The number of benzene rings is 1. The molecule has 0 spiro atoms. The number of aromatic nitrogens is 2. The third kappa shape index (κ3) is 3.00. The van der Waals surface area contributed by atoms with E-state index >= 15 is 0 Å². The second kappa shape index (κ2) is 5.96. The SMILES string of the molecule is O=C(O)CCCNC(=O)c1n[nH]c(=O)c2ccccc12. The van der Waals surface area contributed by atoms with Crippen molar-refractivity contribution in [3.05, 3.63) is 40.3 Å². The van der Waals surface area contributed by atoms with Crippen LogP contribution < -0.4 is 10.9 Å². The summed E-state index contributed by atoms with van der Waals surface area (Å²) in [6.07, 6.45) is 0.322. The van der Waals surface area contributed by atoms with E-state index in [1.807, 2.05) is 0 Å². The van der Waals surface area contributed by atoms with Gasteiger partial charge in [-0.05, 0) is 12.5 Å². The zero-order valence-corrected chi connectivity index (χ0v) is 10.5. The fourth-order valence-electron chi connectivity index (χ4n) is 1.81. The lowest BCUT2D eigenvalue weighted by atomic mass is 10.1. The van der Waals surface area contributed by atoms with Crippen molar-refractivity contribution in [3.8, 4) is 0 Å². The van der Waals surface area contributed by atoms with Gasteiger partial charge in [-0.3, -0.25) is 14.4 Å². The number of nitrogens with one attached hydrogen (secondary N) is 2. The number of nitrogens with zero attached hydrogens (tertiary/aromatic N) is 1. The van der Waals surface area contributed by atoms with Crippen molar-refractivity contribution < 1.29 is 14.7 Å². The molecule has 7 nitrogen and oxygen atoms in total. The number of carboxylic acids is 1. The minimum atomic E-state index is -0.910. The van der Waals surface area contributed by atoms with E-state index in [2.05, 4.69) is 15.5 Å². The molecule has 0 saturated heterocycles. The van der Waals surface area contributed by atoms with Crippen LogP contribution in [0.2, 0.25) is 0 Å². The van der Waals surface area contributed by atoms with Crippen molar-refractivity contribution in [2.45, 2.75) is 12.8 Å². The number of hydrogen-bond donors (Lipinski definition) is 3. The molecular weight excluding hydrogens is 262 g/mol. The molecule has 1 amide bonds. The van der Waals surface area contributed by atoms with Crippen LogP contribution in [-0.4, -0.2) is 33.7 Å². The Labute approximate surface area is 113 Å². The fraction of sp³-hybridized carbons (Fsp3) is 0.231. The van der Waals surface area contributed by atoms with Crippen molar-refractivity contribution in [3.63, 3.8) is 0 Å². The van der Waals surface area contributed by atoms with Crippen LogP contribution in [-0.2, 0) is 4.79 Å². The monoisotopic (exact) mass is 275 g/mol. The maximum Gasteiger partial charge on any atom is 0.303 e. The summed E-state index contributed by atoms with van der Waals surface area (Å²) in [7, 11) is 0. The lowest BCUT2D eigenvalue weighted by Gasteiger charge is -2.05. The molecule has 0 unspecified atom stereocenters. The van der Waals surface area contributed by atoms with E-state index in [4.69, 9.17) is 5.11 Å². The quantitative estimate of drug-likeness (QED) is 0.688. The Hall–Kier alpha value is -2.70. The average Bonchev–Trinajstić information content (AvgIpc) is 2.44. The number of amides is 1. The first-order valence-corrected chi connectivity index (χ1v) is 6.07. The summed E-state index contributed by atoms with van der Waals surface area (Å²) in [5.41, 5.74) is -0.237. The molecule has 2 aromatic rings. The highest BCUT2D eigenvalue weighted by atomic mass is 16.4. The molecule has 1 heterocycles. The highest BCUT2D eigenvalue weighted by molar-refractivity contribution is 6.04. The number of H-pyrrole nitrogens is 1. The lowest BCUT2D eigenvalue weighted by molar-refractivity contribution is -0.137. The Morgan fingerprint density at radius 3 is 2.65 bits per heavy atom. The number of hydrogen-bond acceptors (Lipinski definition) is 4. The molecule has 20 heavy (non-hydrogen) atoms. The number of aromatic amines is 1. The maximum absolute atomic E-state index is 12.0. The van der Waals surface area contributed by atoms with Crippen LogP contribution >= 0.6 is 0 Å². The van der Waals surface area contributed by atoms with Crippen molar-refractivity contribution in [2.24, 2.45) is 0 Å². The average molecular weight is 275 g/mol. The smallest absolute Gasteiger partial charge is 0.303 e. The van der Waals surface area contributed by atoms with Gasteiger partial charge in [0.25, 0.3) is 11.5 Å². The molecule has 2 rings (SSSR count). The molecule has 3 N–H and O–H groups in total. The number of fused-ring (bicyclic) bond motifs is 1. The molecule has 104 valence electrons. The summed E-state index contributed by atoms with van der Waals surface area (Å²) < 4.78 is 0. The highest BCUT2D eigenvalue weighted by Crippen LogP contribution is 2.11. The van der Waals surface area contributed by atoms with Crippen molar-refractivity contribution in [2.75, 3.05) is 6.54 Å². The van der Waals surface area contributed by atoms with Crippen LogP contribution in [0.4, 0.5) is 0 Å². The Balaban J connectivity index is 2.16. The summed E-state index contributed by atoms with van der Waals surface area (Å²) in [6.45, 7) is 0.236. The number of carbonyl (C=O) groups excluding carboxylic acids is 1. The van der Waals surface area contributed by atoms with E-state index in [1.54, 1.807) is 24.3 Å². The topological polar surface area (TPSA) is 112 Å². The minimum Gasteiger partial charge on any atom is -0.481 e. The highest BCUT2D eigenvalue weighted by Gasteiger charge is 2.13. The van der Waals surface area contributed by atoms with Crippen LogP contribution in [0, 0.1) is 0 Å². The van der Waals surface area contributed by atoms with Gasteiger partial charge in [-0.1, -0.05) is 18.2 Å². The van der Waals surface area contributed by atoms with E-state index in [9.17, 15) is 14.4 Å². The molecule has 0 radical (unpaired) electrons. The molecular formula is C13H13N3O4. The first kappa shape index (κ1) is 13.7. The molecule has 0 aliphatic carbocycles. The van der Waals surface area contributed by atoms with Crippen LogP contribution in [0.25, 0.3) is 10.8 Å². The van der Waals surface area contributed by atoms with E-state index in [0.29, 0.717) is 17.2 Å². The second-order valence-corrected chi connectivity index (χ2v) is 4.20. The van der Waals surface area contributed by atoms with E-state index < -0.39 is 11.9 Å². The number of carboxylic acid groups (broad SMARTS) is 1. The molecule has 0 aliphatic heterocycles. The first-order valence-electron chi connectivity index (χ1n) is 6.07. The summed E-state index contributed by atoms with van der Waals surface area (Å²) in [5.74, 6) is -1.35. The van der Waals surface area contributed by atoms with Gasteiger partial charge < -0.3 is 10.4 Å². The molecule has 0 bridgehead atoms. The van der Waals surface area contributed by atoms with Gasteiger partial charge in [0.2, 0.25) is 0 Å². The van der Waals surface area contributed by atoms with Crippen LogP contribution in [0.15, 0.2) is 29.1 Å². The largest absolute Gasteiger partial charge is 0.481 e. The molecule has 0 fully saturated rings. The Bertz CT molecular complexity index is 708. The van der Waals surface area contributed by atoms with Gasteiger partial charge in [-0.15, -0.1) is 0 Å². The van der Waals surface area contributed by atoms with Gasteiger partial charge in [0, 0.05) is 18.4 Å². The van der Waals surface area contributed by atoms with Gasteiger partial charge in [-0.25, -0.2) is 5.10 Å². The summed E-state index contributed by atoms with van der Waals surface area (Å²) in [4.78, 5) is 33.9. The van der Waals surface area contributed by atoms with Gasteiger partial charge in [0.05, 0.1) is 5.39 Å². The van der Waals surface area contributed by atoms with Crippen LogP contribution in [0.3, 0.4) is 0 Å². The fourth-order valence-corrected chi connectivity index (χ4v) is 1.81. The van der Waals surface area contributed by atoms with E-state index in [-0.39, 0.29) is 24.2 Å². The van der Waals surface area contributed by atoms with Crippen molar-refractivity contribution in [1.29, 1.82) is 0 Å². The van der Waals surface area contributed by atoms with Crippen molar-refractivity contribution in [1.82, 2.24) is 15.5 Å². The van der Waals surface area contributed by atoms with Gasteiger partial charge >= 0.3 is 5.97 Å². The Kier molecular flexibility index (Phi) is 4.09. The Morgan fingerprint density at radius 1 is 1.25 bits per heavy atom. The first-order chi connectivity index (χ1) is 9.59. The zero-order chi connectivity index (χ0) is 14.5. The molecule has 1 aromatic carbocycles. The van der Waals surface area contributed by atoms with Gasteiger partial charge in [0.15, 0.2) is 5.69 Å². The van der Waals surface area contributed by atoms with Crippen molar-refractivity contribution >= 4 is 22.6 Å². The third-order valence-corrected chi connectivity index (χ3v) is 2.76. The molecule has 0 aliphatic rings. The second-order valence-electron chi connectivity index (χ2n) is 4.20. The number of carbonyl (C=O) groups is 2. The predicted molar refractivity (Wildman–Crippen MR) is 71.6 cm³/mol. The summed E-state index contributed by atoms with van der Waals surface area (Å²) >= 11 is 0. The predicted octanol–water partition coefficient (Wildman–Crippen LogP) is 0.518. The molecule has 0 saturated carbocycles. The van der Waals surface area contributed by atoms with Crippen LogP contribution in [0.5, 0.6) is 0 Å². The summed E-state index contributed by atoms with van der Waals surface area (Å²) in [6, 6.07) is 6.66. The standard InChI is InChI=1S/C13H13N3O4/c17-10(18)6-3-7-14-13(20)11-8-4-1-2-5-9(8)12(19)16-15-11/h1-2,4-5H,3,6-7H2,(H,14,20)(H,16,19)(H,17,18). The van der Waals surface area contributed by atoms with Crippen LogP contribution in [0.1, 0.15) is 23.3 Å². The van der Waals surface area contributed by atoms with Gasteiger partial charge in [0.1, 0.15) is 0 Å². The molecule has 7 heteroatoms. The summed E-state index contributed by atoms with van der Waals surface area (Å²) in [5, 5.41) is 18.0. The van der Waals surface area contributed by atoms with Gasteiger partial charge in [-0.2, -0.15) is 5.10 Å². The third-order valence-electron chi connectivity index (χ3n) is 2.76. The zero-order valence-electron chi connectivity index (χ0n) is 10.5. The minimum absolute atomic E-state index is 0.0138. The Morgan fingerprint density at radius 2 is 1.95 bits per heavy atom. The molecule has 1 aromatic heterocycles.